The number of carbonyl (C=O) groups is 1. The van der Waals surface area contributed by atoms with Crippen LogP contribution in [-0.2, 0) is 10.0 Å². The molecule has 0 saturated carbocycles. The number of nitrogens with zero attached hydrogens (tertiary/aromatic N) is 5. The topological polar surface area (TPSA) is 108 Å². The van der Waals surface area contributed by atoms with E-state index in [9.17, 15) is 17.6 Å². The van der Waals surface area contributed by atoms with Crippen molar-refractivity contribution in [2.45, 2.75) is 18.7 Å². The molecule has 3 rings (SSSR count). The van der Waals surface area contributed by atoms with E-state index in [1.54, 1.807) is 38.4 Å². The Kier molecular flexibility index (Phi) is 9.09. The summed E-state index contributed by atoms with van der Waals surface area (Å²) in [5, 5.41) is 3.11. The Morgan fingerprint density at radius 2 is 1.82 bits per heavy atom. The van der Waals surface area contributed by atoms with Gasteiger partial charge in [0.1, 0.15) is 17.3 Å². The van der Waals surface area contributed by atoms with E-state index in [1.165, 1.54) is 11.1 Å². The van der Waals surface area contributed by atoms with Gasteiger partial charge in [-0.25, -0.2) is 26.9 Å². The van der Waals surface area contributed by atoms with Crippen LogP contribution in [0.3, 0.4) is 0 Å². The maximum atomic E-state index is 13.6. The lowest BCUT2D eigenvalue weighted by Crippen LogP contribution is -2.33. The fourth-order valence-electron chi connectivity index (χ4n) is 3.38. The van der Waals surface area contributed by atoms with E-state index in [1.807, 2.05) is 18.7 Å². The van der Waals surface area contributed by atoms with Crippen molar-refractivity contribution in [1.29, 1.82) is 0 Å². The van der Waals surface area contributed by atoms with Crippen molar-refractivity contribution in [1.82, 2.24) is 14.9 Å². The first-order valence-electron chi connectivity index (χ1n) is 11.7. The average molecular weight is 541 g/mol. The Bertz CT molecular complexity index is 1420. The molecule has 2 aromatic carbocycles. The second-order valence-electron chi connectivity index (χ2n) is 8.16. The summed E-state index contributed by atoms with van der Waals surface area (Å²) in [5.74, 6) is 2.58. The molecule has 200 valence electrons. The number of anilines is 4. The molecule has 1 amide bonds. The third-order valence-corrected chi connectivity index (χ3v) is 7.15. The summed E-state index contributed by atoms with van der Waals surface area (Å²) in [6.45, 7) is 4.80. The molecule has 1 heterocycles. The number of rotatable bonds is 10. The lowest BCUT2D eigenvalue weighted by atomic mass is 10.3. The van der Waals surface area contributed by atoms with E-state index in [2.05, 4.69) is 21.2 Å². The average Bonchev–Trinajstić information content (AvgIpc) is 2.89. The van der Waals surface area contributed by atoms with Crippen molar-refractivity contribution in [2.24, 2.45) is 0 Å². The zero-order chi connectivity index (χ0) is 27.9. The van der Waals surface area contributed by atoms with Crippen LogP contribution in [0, 0.1) is 18.2 Å². The van der Waals surface area contributed by atoms with E-state index in [4.69, 9.17) is 11.2 Å². The van der Waals surface area contributed by atoms with Crippen LogP contribution >= 0.6 is 0 Å². The smallest absolute Gasteiger partial charge is 0.410 e. The van der Waals surface area contributed by atoms with Crippen LogP contribution in [0.4, 0.5) is 32.3 Å². The summed E-state index contributed by atoms with van der Waals surface area (Å²) in [6.07, 6.45) is 6.36. The predicted octanol–water partition coefficient (Wildman–Crippen LogP) is 4.09. The van der Waals surface area contributed by atoms with Crippen LogP contribution < -0.4 is 19.3 Å². The van der Waals surface area contributed by atoms with Crippen molar-refractivity contribution < 1.29 is 22.3 Å². The van der Waals surface area contributed by atoms with Crippen molar-refractivity contribution in [3.63, 3.8) is 0 Å². The number of nitrogens with one attached hydrogen (secondary N) is 1. The number of hydrogen-bond acceptors (Lipinski definition) is 8. The molecule has 38 heavy (non-hydrogen) atoms. The zero-order valence-corrected chi connectivity index (χ0v) is 22.4. The Balaban J connectivity index is 2.11. The maximum absolute atomic E-state index is 13.6. The molecule has 1 aromatic heterocycles. The number of ether oxygens (including phenoxy) is 1. The van der Waals surface area contributed by atoms with Gasteiger partial charge >= 0.3 is 6.09 Å². The van der Waals surface area contributed by atoms with Crippen LogP contribution in [0.2, 0.25) is 0 Å². The van der Waals surface area contributed by atoms with Crippen LogP contribution in [0.1, 0.15) is 13.8 Å². The minimum absolute atomic E-state index is 0.0823. The molecule has 0 aliphatic heterocycles. The fraction of sp³-hybridized carbons (Fsp3) is 0.269. The summed E-state index contributed by atoms with van der Waals surface area (Å²) in [6, 6.07) is 11.0. The molecule has 0 fully saturated rings. The number of halogens is 1. The highest BCUT2D eigenvalue weighted by Gasteiger charge is 2.28. The zero-order valence-electron chi connectivity index (χ0n) is 21.6. The van der Waals surface area contributed by atoms with Gasteiger partial charge in [0, 0.05) is 38.9 Å². The summed E-state index contributed by atoms with van der Waals surface area (Å²) >= 11 is 0. The van der Waals surface area contributed by atoms with Gasteiger partial charge in [0.05, 0.1) is 17.6 Å². The number of terminal acetylenes is 1. The van der Waals surface area contributed by atoms with Gasteiger partial charge in [-0.1, -0.05) is 12.0 Å². The normalized spacial score (nSPS) is 10.8. The lowest BCUT2D eigenvalue weighted by molar-refractivity contribution is 0.172. The number of benzene rings is 2. The van der Waals surface area contributed by atoms with E-state index >= 15 is 0 Å². The van der Waals surface area contributed by atoms with Gasteiger partial charge in [-0.3, -0.25) is 0 Å². The molecule has 0 saturated heterocycles. The third-order valence-electron chi connectivity index (χ3n) is 5.38. The first-order valence-corrected chi connectivity index (χ1v) is 13.1. The van der Waals surface area contributed by atoms with Crippen LogP contribution in [0.5, 0.6) is 5.75 Å². The molecule has 3 aromatic rings. The van der Waals surface area contributed by atoms with Crippen molar-refractivity contribution in [3.8, 4) is 18.1 Å². The Morgan fingerprint density at radius 1 is 1.13 bits per heavy atom. The second-order valence-corrected chi connectivity index (χ2v) is 10.0. The van der Waals surface area contributed by atoms with Gasteiger partial charge in [0.2, 0.25) is 5.95 Å². The molecular weight excluding hydrogens is 511 g/mol. The highest BCUT2D eigenvalue weighted by atomic mass is 32.2. The largest absolute Gasteiger partial charge is 0.414 e. The quantitative estimate of drug-likeness (QED) is 0.383. The fourth-order valence-corrected chi connectivity index (χ4v) is 4.75. The highest BCUT2D eigenvalue weighted by molar-refractivity contribution is 7.92. The third kappa shape index (κ3) is 6.49. The van der Waals surface area contributed by atoms with Gasteiger partial charge in [-0.05, 0) is 50.2 Å². The van der Waals surface area contributed by atoms with E-state index in [0.717, 1.165) is 28.6 Å². The highest BCUT2D eigenvalue weighted by Crippen LogP contribution is 2.33. The number of sulfonamides is 1. The standard InChI is InChI=1S/C26H29FN6O4S/c1-6-16-33(38(35,36)22-14-12-19(27)13-15-22)23-18-28-25(32(7-2)8-3)30-24(23)29-20-10-9-11-21(17-20)37-26(34)31(4)5/h1,9-15,17-18H,7-8,16H2,2-5H3,(H,28,29,30). The summed E-state index contributed by atoms with van der Waals surface area (Å²) in [7, 11) is -1.08. The number of amides is 1. The molecule has 12 heteroatoms. The van der Waals surface area contributed by atoms with Crippen LogP contribution in [0.25, 0.3) is 0 Å². The van der Waals surface area contributed by atoms with Gasteiger partial charge in [-0.15, -0.1) is 6.42 Å². The van der Waals surface area contributed by atoms with Crippen molar-refractivity contribution in [2.75, 3.05) is 48.3 Å². The summed E-state index contributed by atoms with van der Waals surface area (Å²) in [5.41, 5.74) is 0.554. The van der Waals surface area contributed by atoms with Crippen molar-refractivity contribution >= 4 is 39.3 Å². The lowest BCUT2D eigenvalue weighted by Gasteiger charge is -2.26. The maximum Gasteiger partial charge on any atom is 0.414 e. The molecule has 0 unspecified atom stereocenters. The van der Waals surface area contributed by atoms with Gasteiger partial charge in [0.15, 0.2) is 5.82 Å². The molecule has 0 spiro atoms. The van der Waals surface area contributed by atoms with Crippen LogP contribution in [0.15, 0.2) is 59.6 Å². The molecule has 1 N–H and O–H groups in total. The molecular formula is C26H29FN6O4S. The summed E-state index contributed by atoms with van der Waals surface area (Å²) < 4.78 is 46.9. The van der Waals surface area contributed by atoms with E-state index in [0.29, 0.717) is 24.7 Å². The Labute approximate surface area is 222 Å². The monoisotopic (exact) mass is 540 g/mol. The SMILES string of the molecule is C#CCN(c1cnc(N(CC)CC)nc1Nc1cccc(OC(=O)N(C)C)c1)S(=O)(=O)c1ccc(F)cc1. The minimum atomic E-state index is -4.21. The predicted molar refractivity (Wildman–Crippen MR) is 145 cm³/mol. The van der Waals surface area contributed by atoms with Gasteiger partial charge in [0.25, 0.3) is 10.0 Å². The van der Waals surface area contributed by atoms with E-state index < -0.39 is 21.9 Å². The Hall–Kier alpha value is -4.37. The van der Waals surface area contributed by atoms with Crippen molar-refractivity contribution in [3.05, 3.63) is 60.5 Å². The first-order chi connectivity index (χ1) is 18.1. The first kappa shape index (κ1) is 28.2. The molecule has 0 aliphatic rings. The molecule has 0 atom stereocenters. The molecule has 0 radical (unpaired) electrons. The van der Waals surface area contributed by atoms with Crippen LogP contribution in [-0.4, -0.2) is 63.1 Å². The molecule has 10 nitrogen and oxygen atoms in total. The van der Waals surface area contributed by atoms with Gasteiger partial charge in [-0.2, -0.15) is 4.98 Å². The second kappa shape index (κ2) is 12.2. The van der Waals surface area contributed by atoms with E-state index in [-0.39, 0.29) is 28.7 Å². The minimum Gasteiger partial charge on any atom is -0.410 e. The number of aromatic nitrogens is 2. The number of hydrogen-bond donors (Lipinski definition) is 1. The number of carbonyl (C=O) groups excluding carboxylic acids is 1. The summed E-state index contributed by atoms with van der Waals surface area (Å²) in [4.78, 5) is 24.0. The van der Waals surface area contributed by atoms with Gasteiger partial charge < -0.3 is 19.9 Å². The Morgan fingerprint density at radius 3 is 2.42 bits per heavy atom. The molecule has 0 aliphatic carbocycles. The molecule has 0 bridgehead atoms.